The molecule has 0 aromatic heterocycles. The van der Waals surface area contributed by atoms with Crippen molar-refractivity contribution in [2.24, 2.45) is 0 Å². The van der Waals surface area contributed by atoms with Crippen LogP contribution in [0.1, 0.15) is 11.1 Å². The third-order valence-corrected chi connectivity index (χ3v) is 6.96. The van der Waals surface area contributed by atoms with Crippen molar-refractivity contribution in [2.75, 3.05) is 18.6 Å². The molecular formula is C26H26N2O2S. The number of anilines is 1. The molecule has 158 valence electrons. The Hall–Kier alpha value is -3.15. The molecule has 1 unspecified atom stereocenters. The largest absolute Gasteiger partial charge is 0.319 e. The Morgan fingerprint density at radius 1 is 0.871 bits per heavy atom. The number of rotatable bonds is 7. The van der Waals surface area contributed by atoms with Crippen LogP contribution in [0, 0.1) is 0 Å². The molecule has 1 aliphatic heterocycles. The van der Waals surface area contributed by atoms with Crippen molar-refractivity contribution >= 4 is 27.3 Å². The number of ether oxygens (including phenoxy) is 1. The molecule has 4 nitrogen and oxygen atoms in total. The Labute approximate surface area is 186 Å². The lowest BCUT2D eigenvalue weighted by molar-refractivity contribution is -0.120. The van der Waals surface area contributed by atoms with Gasteiger partial charge in [-0.2, -0.15) is 0 Å². The highest BCUT2D eigenvalue weighted by Gasteiger charge is 2.21. The number of amides is 1. The molecule has 0 N–H and O–H groups in total. The summed E-state index contributed by atoms with van der Waals surface area (Å²) in [5.41, 5.74) is 3.31. The van der Waals surface area contributed by atoms with Gasteiger partial charge in [0.05, 0.1) is 0 Å². The van der Waals surface area contributed by atoms with Gasteiger partial charge in [0.1, 0.15) is 6.61 Å². The summed E-state index contributed by atoms with van der Waals surface area (Å²) < 4.78 is 6.18. The van der Waals surface area contributed by atoms with E-state index in [2.05, 4.69) is 52.9 Å². The number of likely N-dealkylation sites (N-methyl/N-ethyl adjacent to an activating group) is 1. The zero-order valence-electron chi connectivity index (χ0n) is 17.6. The van der Waals surface area contributed by atoms with Crippen molar-refractivity contribution < 1.29 is 9.53 Å². The second-order valence-electron chi connectivity index (χ2n) is 7.30. The van der Waals surface area contributed by atoms with E-state index in [9.17, 15) is 4.79 Å². The maximum Gasteiger partial charge on any atom is 0.253 e. The maximum atomic E-state index is 12.8. The van der Waals surface area contributed by atoms with Gasteiger partial charge in [-0.15, -0.1) is 10.5 Å². The molecular weight excluding hydrogens is 404 g/mol. The molecule has 31 heavy (non-hydrogen) atoms. The molecule has 0 bridgehead atoms. The van der Waals surface area contributed by atoms with Crippen LogP contribution >= 0.6 is 10.5 Å². The number of benzene rings is 3. The van der Waals surface area contributed by atoms with Crippen LogP contribution in [0.4, 0.5) is 5.69 Å². The first kappa shape index (κ1) is 21.1. The minimum absolute atomic E-state index is 0.00594. The zero-order valence-corrected chi connectivity index (χ0v) is 18.4. The molecule has 1 atom stereocenters. The average molecular weight is 431 g/mol. The van der Waals surface area contributed by atoms with E-state index < -0.39 is 0 Å². The van der Waals surface area contributed by atoms with Crippen LogP contribution in [0.2, 0.25) is 0 Å². The van der Waals surface area contributed by atoms with Crippen LogP contribution in [0.5, 0.6) is 0 Å². The first-order chi connectivity index (χ1) is 15.2. The number of nitrogens with zero attached hydrogens (tertiary/aromatic N) is 2. The Kier molecular flexibility index (Phi) is 6.97. The molecule has 0 aliphatic carbocycles. The molecule has 0 saturated carbocycles. The minimum atomic E-state index is -0.225. The van der Waals surface area contributed by atoms with Crippen molar-refractivity contribution in [3.63, 3.8) is 0 Å². The predicted molar refractivity (Wildman–Crippen MR) is 130 cm³/mol. The second kappa shape index (κ2) is 10.2. The fourth-order valence-corrected chi connectivity index (χ4v) is 5.17. The lowest BCUT2D eigenvalue weighted by Crippen LogP contribution is -2.34. The Bertz CT molecular complexity index is 1070. The van der Waals surface area contributed by atoms with Crippen LogP contribution in [-0.2, 0) is 21.8 Å². The quantitative estimate of drug-likeness (QED) is 0.483. The summed E-state index contributed by atoms with van der Waals surface area (Å²) in [6.07, 6.45) is 2.08. The van der Waals surface area contributed by atoms with Gasteiger partial charge in [-0.25, -0.2) is 0 Å². The van der Waals surface area contributed by atoms with Crippen molar-refractivity contribution in [1.82, 2.24) is 4.90 Å². The Balaban J connectivity index is 1.51. The molecule has 4 rings (SSSR count). The highest BCUT2D eigenvalue weighted by Crippen LogP contribution is 2.31. The van der Waals surface area contributed by atoms with E-state index in [1.54, 1.807) is 11.9 Å². The van der Waals surface area contributed by atoms with Gasteiger partial charge in [0.25, 0.3) is 5.91 Å². The van der Waals surface area contributed by atoms with Crippen LogP contribution in [0.3, 0.4) is 0 Å². The molecule has 1 amide bonds. The van der Waals surface area contributed by atoms with Gasteiger partial charge < -0.3 is 14.5 Å². The highest BCUT2D eigenvalue weighted by molar-refractivity contribution is 8.17. The molecule has 0 saturated heterocycles. The average Bonchev–Trinajstić information content (AvgIpc) is 3.19. The summed E-state index contributed by atoms with van der Waals surface area (Å²) in [7, 11) is 1.56. The van der Waals surface area contributed by atoms with Gasteiger partial charge in [-0.1, -0.05) is 78.9 Å². The van der Waals surface area contributed by atoms with Gasteiger partial charge in [0, 0.05) is 31.2 Å². The van der Waals surface area contributed by atoms with Crippen molar-refractivity contribution in [3.05, 3.63) is 114 Å². The lowest BCUT2D eigenvalue weighted by atomic mass is 10.2. The number of carbonyl (C=O) groups is 1. The number of carbonyl (C=O) groups excluding carboxylic acids is 1. The van der Waals surface area contributed by atoms with Gasteiger partial charge in [-0.3, -0.25) is 4.79 Å². The van der Waals surface area contributed by atoms with Crippen molar-refractivity contribution in [3.8, 4) is 0 Å². The van der Waals surface area contributed by atoms with Crippen molar-refractivity contribution in [1.29, 1.82) is 0 Å². The summed E-state index contributed by atoms with van der Waals surface area (Å²) in [6.45, 7) is 0.722. The fourth-order valence-electron chi connectivity index (χ4n) is 3.35. The first-order valence-electron chi connectivity index (χ1n) is 10.2. The van der Waals surface area contributed by atoms with E-state index in [0.29, 0.717) is 6.54 Å². The number of para-hydroxylation sites is 1. The molecule has 5 heteroatoms. The second-order valence-corrected chi connectivity index (χ2v) is 9.07. The van der Waals surface area contributed by atoms with E-state index in [1.165, 1.54) is 11.1 Å². The minimum Gasteiger partial charge on any atom is -0.319 e. The third kappa shape index (κ3) is 5.51. The highest BCUT2D eigenvalue weighted by atomic mass is 32.2. The Morgan fingerprint density at radius 2 is 1.45 bits per heavy atom. The third-order valence-electron chi connectivity index (χ3n) is 5.06. The molecule has 3 aromatic carbocycles. The van der Waals surface area contributed by atoms with E-state index in [1.807, 2.05) is 54.6 Å². The molecule has 0 fully saturated rings. The summed E-state index contributed by atoms with van der Waals surface area (Å²) in [5, 5.41) is 3.04. The van der Waals surface area contributed by atoms with Gasteiger partial charge in [0.15, 0.2) is 5.17 Å². The van der Waals surface area contributed by atoms with Gasteiger partial charge in [0.2, 0.25) is 0 Å². The molecule has 3 aromatic rings. The fraction of sp³-hybridized carbons (Fsp3) is 0.154. The molecule has 1 aliphatic rings. The summed E-state index contributed by atoms with van der Waals surface area (Å²) in [4.78, 5) is 16.5. The summed E-state index contributed by atoms with van der Waals surface area (Å²) in [6, 6.07) is 30.3. The summed E-state index contributed by atoms with van der Waals surface area (Å²) >= 11 is 0. The molecule has 0 radical (unpaired) electrons. The van der Waals surface area contributed by atoms with E-state index in [-0.39, 0.29) is 23.0 Å². The van der Waals surface area contributed by atoms with E-state index in [4.69, 9.17) is 4.74 Å². The van der Waals surface area contributed by atoms with Crippen LogP contribution in [0.25, 0.3) is 0 Å². The molecule has 1 heterocycles. The van der Waals surface area contributed by atoms with E-state index >= 15 is 0 Å². The van der Waals surface area contributed by atoms with Crippen LogP contribution < -0.4 is 4.90 Å². The van der Waals surface area contributed by atoms with Gasteiger partial charge >= 0.3 is 0 Å². The number of hydrogen-bond donors (Lipinski definition) is 0. The molecule has 0 spiro atoms. The van der Waals surface area contributed by atoms with E-state index in [0.717, 1.165) is 16.6 Å². The van der Waals surface area contributed by atoms with Crippen molar-refractivity contribution in [2.45, 2.75) is 12.3 Å². The normalized spacial score (nSPS) is 15.3. The maximum absolute atomic E-state index is 12.8. The van der Waals surface area contributed by atoms with Gasteiger partial charge in [-0.05, 0) is 28.7 Å². The SMILES string of the molecule is CN(C(=O)COC1=S(Cc2ccccc2)C=CN1Cc1ccccc1)c1ccccc1. The first-order valence-corrected chi connectivity index (χ1v) is 11.7. The zero-order chi connectivity index (χ0) is 21.5. The lowest BCUT2D eigenvalue weighted by Gasteiger charge is -2.23. The summed E-state index contributed by atoms with van der Waals surface area (Å²) in [5.74, 6) is 0.786. The monoisotopic (exact) mass is 430 g/mol. The Morgan fingerprint density at radius 3 is 2.10 bits per heavy atom. The van der Waals surface area contributed by atoms with Crippen LogP contribution in [0.15, 0.2) is 103 Å². The standard InChI is InChI=1S/C26H26N2O2S/c1-27(24-15-9-4-10-16-24)25(29)20-30-26-28(19-22-11-5-2-6-12-22)17-18-31(26)21-23-13-7-3-8-14-23/h2-18H,19-21H2,1H3. The topological polar surface area (TPSA) is 32.8 Å². The smallest absolute Gasteiger partial charge is 0.253 e. The predicted octanol–water partition coefficient (Wildman–Crippen LogP) is 5.21. The number of hydrogen-bond acceptors (Lipinski definition) is 3. The van der Waals surface area contributed by atoms with Crippen LogP contribution in [-0.4, -0.2) is 29.6 Å².